The SMILES string of the molecule is C=C.C=C.C=COC(=O)c1ccccc1C(=O)O. The lowest BCUT2D eigenvalue weighted by molar-refractivity contribution is 0.0632. The van der Waals surface area contributed by atoms with Crippen molar-refractivity contribution in [3.8, 4) is 0 Å². The molecule has 0 atom stereocenters. The lowest BCUT2D eigenvalue weighted by Crippen LogP contribution is -2.09. The molecular weight excluding hydrogens is 232 g/mol. The zero-order chi connectivity index (χ0) is 14.6. The highest BCUT2D eigenvalue weighted by Crippen LogP contribution is 2.10. The lowest BCUT2D eigenvalue weighted by atomic mass is 10.1. The van der Waals surface area contributed by atoms with Crippen LogP contribution in [0.3, 0.4) is 0 Å². The molecule has 0 saturated carbocycles. The summed E-state index contributed by atoms with van der Waals surface area (Å²) in [5, 5.41) is 8.75. The van der Waals surface area contributed by atoms with Crippen LogP contribution in [0.1, 0.15) is 20.7 Å². The second kappa shape index (κ2) is 10.9. The Hall–Kier alpha value is -2.62. The number of benzene rings is 1. The van der Waals surface area contributed by atoms with E-state index in [1.807, 2.05) is 0 Å². The number of rotatable bonds is 3. The number of carboxylic acid groups (broad SMARTS) is 1. The van der Waals surface area contributed by atoms with Gasteiger partial charge in [0.05, 0.1) is 17.4 Å². The Morgan fingerprint density at radius 2 is 1.50 bits per heavy atom. The van der Waals surface area contributed by atoms with Crippen LogP contribution >= 0.6 is 0 Å². The van der Waals surface area contributed by atoms with Crippen LogP contribution in [-0.2, 0) is 4.74 Å². The first kappa shape index (κ1) is 17.8. The van der Waals surface area contributed by atoms with Crippen LogP contribution < -0.4 is 0 Å². The topological polar surface area (TPSA) is 63.6 Å². The van der Waals surface area contributed by atoms with Gasteiger partial charge in [0.25, 0.3) is 0 Å². The molecule has 0 amide bonds. The third-order valence-corrected chi connectivity index (χ3v) is 1.57. The van der Waals surface area contributed by atoms with E-state index in [1.165, 1.54) is 18.2 Å². The summed E-state index contributed by atoms with van der Waals surface area (Å²) in [6, 6.07) is 5.82. The standard InChI is InChI=1S/C10H8O4.2C2H4/c1-2-14-10(13)8-6-4-3-5-7(8)9(11)12;2*1-2/h2-6H,1H2,(H,11,12);2*1-2H2. The molecule has 18 heavy (non-hydrogen) atoms. The Kier molecular flexibility index (Phi) is 10.7. The lowest BCUT2D eigenvalue weighted by Gasteiger charge is -2.02. The summed E-state index contributed by atoms with van der Waals surface area (Å²) in [7, 11) is 0. The molecule has 0 aliphatic carbocycles. The highest BCUT2D eigenvalue weighted by atomic mass is 16.5. The van der Waals surface area contributed by atoms with Crippen LogP contribution in [0.15, 0.2) is 63.4 Å². The third-order valence-electron chi connectivity index (χ3n) is 1.57. The molecule has 0 aliphatic heterocycles. The van der Waals surface area contributed by atoms with Crippen molar-refractivity contribution >= 4 is 11.9 Å². The fourth-order valence-electron chi connectivity index (χ4n) is 0.987. The van der Waals surface area contributed by atoms with Crippen molar-refractivity contribution in [3.63, 3.8) is 0 Å². The molecule has 1 aromatic carbocycles. The maximum atomic E-state index is 11.2. The molecule has 1 rings (SSSR count). The van der Waals surface area contributed by atoms with Crippen LogP contribution in [0.2, 0.25) is 0 Å². The second-order valence-corrected chi connectivity index (χ2v) is 2.42. The van der Waals surface area contributed by atoms with Crippen molar-refractivity contribution < 1.29 is 19.4 Å². The fraction of sp³-hybridized carbons (Fsp3) is 0. The highest BCUT2D eigenvalue weighted by Gasteiger charge is 2.15. The molecule has 0 aromatic heterocycles. The molecule has 0 unspecified atom stereocenters. The average Bonchev–Trinajstić information content (AvgIpc) is 2.43. The number of hydrogen-bond donors (Lipinski definition) is 1. The van der Waals surface area contributed by atoms with E-state index in [4.69, 9.17) is 5.11 Å². The third kappa shape index (κ3) is 5.46. The Balaban J connectivity index is 0. The zero-order valence-corrected chi connectivity index (χ0v) is 10.1. The van der Waals surface area contributed by atoms with Gasteiger partial charge in [0, 0.05) is 0 Å². The minimum absolute atomic E-state index is 0.0138. The maximum absolute atomic E-state index is 11.2. The quantitative estimate of drug-likeness (QED) is 0.506. The van der Waals surface area contributed by atoms with E-state index in [2.05, 4.69) is 37.6 Å². The monoisotopic (exact) mass is 248 g/mol. The van der Waals surface area contributed by atoms with Crippen LogP contribution in [0.25, 0.3) is 0 Å². The average molecular weight is 248 g/mol. The predicted molar refractivity (Wildman–Crippen MR) is 71.5 cm³/mol. The van der Waals surface area contributed by atoms with Crippen molar-refractivity contribution in [3.05, 3.63) is 74.5 Å². The first-order chi connectivity index (χ1) is 8.66. The second-order valence-electron chi connectivity index (χ2n) is 2.42. The van der Waals surface area contributed by atoms with Gasteiger partial charge in [0.2, 0.25) is 0 Å². The molecular formula is C14H16O4. The highest BCUT2D eigenvalue weighted by molar-refractivity contribution is 6.02. The van der Waals surface area contributed by atoms with E-state index in [9.17, 15) is 9.59 Å². The van der Waals surface area contributed by atoms with E-state index in [-0.39, 0.29) is 11.1 Å². The Morgan fingerprint density at radius 3 is 1.89 bits per heavy atom. The molecule has 0 fully saturated rings. The maximum Gasteiger partial charge on any atom is 0.343 e. The van der Waals surface area contributed by atoms with Crippen molar-refractivity contribution in [1.82, 2.24) is 0 Å². The Morgan fingerprint density at radius 1 is 1.06 bits per heavy atom. The summed E-state index contributed by atoms with van der Waals surface area (Å²) in [5.74, 6) is -1.89. The number of ether oxygens (including phenoxy) is 1. The van der Waals surface area contributed by atoms with Crippen LogP contribution in [-0.4, -0.2) is 17.0 Å². The minimum Gasteiger partial charge on any atom is -0.478 e. The molecule has 1 aromatic rings. The number of hydrogen-bond acceptors (Lipinski definition) is 3. The van der Waals surface area contributed by atoms with Gasteiger partial charge < -0.3 is 9.84 Å². The van der Waals surface area contributed by atoms with Crippen molar-refractivity contribution in [1.29, 1.82) is 0 Å². The van der Waals surface area contributed by atoms with Gasteiger partial charge in [-0.15, -0.1) is 26.3 Å². The fourth-order valence-corrected chi connectivity index (χ4v) is 0.987. The number of carbonyl (C=O) groups excluding carboxylic acids is 1. The van der Waals surface area contributed by atoms with Crippen molar-refractivity contribution in [2.24, 2.45) is 0 Å². The Bertz CT molecular complexity index is 408. The van der Waals surface area contributed by atoms with Gasteiger partial charge in [-0.3, -0.25) is 0 Å². The number of esters is 1. The zero-order valence-electron chi connectivity index (χ0n) is 10.1. The molecule has 0 heterocycles. The summed E-state index contributed by atoms with van der Waals surface area (Å²) in [6.07, 6.45) is 0.959. The first-order valence-electron chi connectivity index (χ1n) is 4.81. The van der Waals surface area contributed by atoms with Gasteiger partial charge in [0.15, 0.2) is 0 Å². The summed E-state index contributed by atoms with van der Waals surface area (Å²) < 4.78 is 4.48. The van der Waals surface area contributed by atoms with E-state index in [1.54, 1.807) is 6.07 Å². The van der Waals surface area contributed by atoms with Gasteiger partial charge in [-0.05, 0) is 12.1 Å². The van der Waals surface area contributed by atoms with Gasteiger partial charge >= 0.3 is 11.9 Å². The largest absolute Gasteiger partial charge is 0.478 e. The number of aromatic carboxylic acids is 1. The summed E-state index contributed by atoms with van der Waals surface area (Å²) in [4.78, 5) is 21.9. The number of carboxylic acids is 1. The van der Waals surface area contributed by atoms with E-state index in [0.29, 0.717) is 0 Å². The van der Waals surface area contributed by atoms with Crippen LogP contribution in [0, 0.1) is 0 Å². The normalized spacial score (nSPS) is 7.56. The van der Waals surface area contributed by atoms with Crippen LogP contribution in [0.4, 0.5) is 0 Å². The summed E-state index contributed by atoms with van der Waals surface area (Å²) >= 11 is 0. The minimum atomic E-state index is -1.17. The molecule has 4 nitrogen and oxygen atoms in total. The molecule has 0 bridgehead atoms. The summed E-state index contributed by atoms with van der Waals surface area (Å²) in [6.45, 7) is 15.2. The molecule has 96 valence electrons. The first-order valence-corrected chi connectivity index (χ1v) is 4.81. The molecule has 0 spiro atoms. The van der Waals surface area contributed by atoms with Gasteiger partial charge in [-0.1, -0.05) is 18.7 Å². The van der Waals surface area contributed by atoms with Crippen LogP contribution in [0.5, 0.6) is 0 Å². The summed E-state index contributed by atoms with van der Waals surface area (Å²) in [5.41, 5.74) is -0.0701. The van der Waals surface area contributed by atoms with E-state index in [0.717, 1.165) is 6.26 Å². The number of carbonyl (C=O) groups is 2. The van der Waals surface area contributed by atoms with Gasteiger partial charge in [-0.25, -0.2) is 9.59 Å². The Labute approximate surface area is 107 Å². The predicted octanol–water partition coefficient (Wildman–Crippen LogP) is 3.29. The smallest absolute Gasteiger partial charge is 0.343 e. The molecule has 0 radical (unpaired) electrons. The van der Waals surface area contributed by atoms with Crippen molar-refractivity contribution in [2.45, 2.75) is 0 Å². The van der Waals surface area contributed by atoms with Crippen molar-refractivity contribution in [2.75, 3.05) is 0 Å². The molecule has 1 N–H and O–H groups in total. The van der Waals surface area contributed by atoms with Gasteiger partial charge in [0.1, 0.15) is 0 Å². The molecule has 0 saturated heterocycles. The molecule has 4 heteroatoms. The van der Waals surface area contributed by atoms with Gasteiger partial charge in [-0.2, -0.15) is 0 Å². The van der Waals surface area contributed by atoms with E-state index >= 15 is 0 Å². The molecule has 0 aliphatic rings. The van der Waals surface area contributed by atoms with E-state index < -0.39 is 11.9 Å².